The van der Waals surface area contributed by atoms with E-state index in [0.717, 1.165) is 24.7 Å². The summed E-state index contributed by atoms with van der Waals surface area (Å²) in [7, 11) is 0. The van der Waals surface area contributed by atoms with Gasteiger partial charge in [0, 0.05) is 12.4 Å². The van der Waals surface area contributed by atoms with Crippen molar-refractivity contribution in [2.75, 3.05) is 6.54 Å². The molecule has 0 aliphatic heterocycles. The van der Waals surface area contributed by atoms with E-state index >= 15 is 0 Å². The molecule has 2 N–H and O–H groups in total. The molecule has 2 rings (SSSR count). The van der Waals surface area contributed by atoms with Gasteiger partial charge in [-0.15, -0.1) is 0 Å². The Morgan fingerprint density at radius 1 is 1.56 bits per heavy atom. The smallest absolute Gasteiger partial charge is 0.123 e. The van der Waals surface area contributed by atoms with E-state index in [4.69, 9.17) is 0 Å². The van der Waals surface area contributed by atoms with Crippen LogP contribution in [0.5, 0.6) is 0 Å². The molecule has 88 valence electrons. The molecule has 0 radical (unpaired) electrons. The van der Waals surface area contributed by atoms with Crippen LogP contribution in [0.3, 0.4) is 0 Å². The van der Waals surface area contributed by atoms with Gasteiger partial charge in [0.1, 0.15) is 5.82 Å². The fourth-order valence-corrected chi connectivity index (χ4v) is 2.25. The molecule has 0 amide bonds. The maximum Gasteiger partial charge on any atom is 0.123 e. The number of nitrogens with zero attached hydrogens (tertiary/aromatic N) is 1. The number of aromatic amines is 1. The largest absolute Gasteiger partial charge is 0.347 e. The van der Waals surface area contributed by atoms with Crippen LogP contribution >= 0.6 is 0 Å². The summed E-state index contributed by atoms with van der Waals surface area (Å²) >= 11 is 0. The summed E-state index contributed by atoms with van der Waals surface area (Å²) in [4.78, 5) is 7.51. The van der Waals surface area contributed by atoms with E-state index in [1.165, 1.54) is 19.3 Å². The van der Waals surface area contributed by atoms with Crippen molar-refractivity contribution in [2.45, 2.75) is 38.6 Å². The zero-order chi connectivity index (χ0) is 11.2. The molecular formula is C13H21N3. The first kappa shape index (κ1) is 11.4. The predicted octanol–water partition coefficient (Wildman–Crippen LogP) is 2.81. The molecule has 0 saturated heterocycles. The van der Waals surface area contributed by atoms with Crippen LogP contribution in [0.1, 0.15) is 44.5 Å². The second-order valence-corrected chi connectivity index (χ2v) is 4.49. The number of allylic oxidation sites excluding steroid dienone is 2. The molecule has 0 fully saturated rings. The maximum absolute atomic E-state index is 4.32. The summed E-state index contributed by atoms with van der Waals surface area (Å²) in [5, 5.41) is 3.61. The Kier molecular flexibility index (Phi) is 4.17. The van der Waals surface area contributed by atoms with Gasteiger partial charge in [0.2, 0.25) is 0 Å². The molecule has 1 aromatic rings. The maximum atomic E-state index is 4.32. The standard InChI is InChI=1S/C13H21N3/c1-2-12(13-14-8-9-15-13)16-10-11-6-4-3-5-7-11/h3-4,8-9,11-12,16H,2,5-7,10H2,1H3,(H,14,15). The van der Waals surface area contributed by atoms with E-state index in [0.29, 0.717) is 6.04 Å². The zero-order valence-corrected chi connectivity index (χ0v) is 9.95. The number of nitrogens with one attached hydrogen (secondary N) is 2. The van der Waals surface area contributed by atoms with E-state index < -0.39 is 0 Å². The minimum atomic E-state index is 0.376. The fraction of sp³-hybridized carbons (Fsp3) is 0.615. The molecule has 2 atom stereocenters. The van der Waals surface area contributed by atoms with Crippen LogP contribution in [0, 0.1) is 5.92 Å². The van der Waals surface area contributed by atoms with Gasteiger partial charge < -0.3 is 10.3 Å². The molecule has 0 saturated carbocycles. The number of rotatable bonds is 5. The highest BCUT2D eigenvalue weighted by molar-refractivity contribution is 4.96. The Morgan fingerprint density at radius 3 is 3.12 bits per heavy atom. The molecule has 1 heterocycles. The van der Waals surface area contributed by atoms with Crippen LogP contribution in [0.15, 0.2) is 24.5 Å². The minimum absolute atomic E-state index is 0.376. The van der Waals surface area contributed by atoms with Gasteiger partial charge in [-0.2, -0.15) is 0 Å². The first-order valence-electron chi connectivity index (χ1n) is 6.27. The average molecular weight is 219 g/mol. The quantitative estimate of drug-likeness (QED) is 0.748. The Bertz CT molecular complexity index is 316. The van der Waals surface area contributed by atoms with Crippen LogP contribution in [0.25, 0.3) is 0 Å². The average Bonchev–Trinajstić information content (AvgIpc) is 2.85. The number of imidazole rings is 1. The number of aromatic nitrogens is 2. The molecule has 3 heteroatoms. The highest BCUT2D eigenvalue weighted by atomic mass is 15.0. The van der Waals surface area contributed by atoms with Gasteiger partial charge in [0.05, 0.1) is 6.04 Å². The van der Waals surface area contributed by atoms with Crippen molar-refractivity contribution in [1.29, 1.82) is 0 Å². The molecule has 1 aromatic heterocycles. The normalized spacial score (nSPS) is 22.2. The molecule has 1 aliphatic carbocycles. The van der Waals surface area contributed by atoms with Gasteiger partial charge in [0.15, 0.2) is 0 Å². The van der Waals surface area contributed by atoms with Gasteiger partial charge in [-0.05, 0) is 38.1 Å². The minimum Gasteiger partial charge on any atom is -0.347 e. The van der Waals surface area contributed by atoms with Crippen LogP contribution in [0.2, 0.25) is 0 Å². The van der Waals surface area contributed by atoms with Crippen molar-refractivity contribution >= 4 is 0 Å². The Labute approximate surface area is 97.4 Å². The molecular weight excluding hydrogens is 198 g/mol. The predicted molar refractivity (Wildman–Crippen MR) is 66.1 cm³/mol. The third kappa shape index (κ3) is 2.95. The molecule has 0 bridgehead atoms. The van der Waals surface area contributed by atoms with Crippen molar-refractivity contribution in [1.82, 2.24) is 15.3 Å². The Morgan fingerprint density at radius 2 is 2.50 bits per heavy atom. The van der Waals surface area contributed by atoms with Gasteiger partial charge in [0.25, 0.3) is 0 Å². The zero-order valence-electron chi connectivity index (χ0n) is 9.95. The van der Waals surface area contributed by atoms with Crippen molar-refractivity contribution < 1.29 is 0 Å². The second kappa shape index (κ2) is 5.85. The van der Waals surface area contributed by atoms with Gasteiger partial charge in [-0.25, -0.2) is 4.98 Å². The first-order chi connectivity index (χ1) is 7.90. The monoisotopic (exact) mass is 219 g/mol. The van der Waals surface area contributed by atoms with Gasteiger partial charge in [-0.3, -0.25) is 0 Å². The van der Waals surface area contributed by atoms with Crippen LogP contribution in [-0.2, 0) is 0 Å². The highest BCUT2D eigenvalue weighted by Gasteiger charge is 2.14. The summed E-state index contributed by atoms with van der Waals surface area (Å²) in [6.45, 7) is 3.30. The third-order valence-corrected chi connectivity index (χ3v) is 3.29. The summed E-state index contributed by atoms with van der Waals surface area (Å²) in [5.74, 6) is 1.86. The van der Waals surface area contributed by atoms with E-state index in [1.54, 1.807) is 0 Å². The molecule has 0 spiro atoms. The third-order valence-electron chi connectivity index (χ3n) is 3.29. The SMILES string of the molecule is CCC(NCC1CC=CCC1)c1ncc[nH]1. The number of H-pyrrole nitrogens is 1. The lowest BCUT2D eigenvalue weighted by atomic mass is 9.94. The van der Waals surface area contributed by atoms with Crippen molar-refractivity contribution in [3.05, 3.63) is 30.4 Å². The first-order valence-corrected chi connectivity index (χ1v) is 6.27. The highest BCUT2D eigenvalue weighted by Crippen LogP contribution is 2.19. The van der Waals surface area contributed by atoms with Crippen molar-refractivity contribution in [3.63, 3.8) is 0 Å². The summed E-state index contributed by atoms with van der Waals surface area (Å²) in [6.07, 6.45) is 13.2. The fourth-order valence-electron chi connectivity index (χ4n) is 2.25. The van der Waals surface area contributed by atoms with E-state index in [-0.39, 0.29) is 0 Å². The topological polar surface area (TPSA) is 40.7 Å². The Hall–Kier alpha value is -1.09. The van der Waals surface area contributed by atoms with Crippen LogP contribution < -0.4 is 5.32 Å². The second-order valence-electron chi connectivity index (χ2n) is 4.49. The molecule has 1 aliphatic rings. The van der Waals surface area contributed by atoms with Crippen molar-refractivity contribution in [3.8, 4) is 0 Å². The van der Waals surface area contributed by atoms with Crippen LogP contribution in [0.4, 0.5) is 0 Å². The van der Waals surface area contributed by atoms with E-state index in [1.807, 2.05) is 12.4 Å². The van der Waals surface area contributed by atoms with Gasteiger partial charge >= 0.3 is 0 Å². The molecule has 16 heavy (non-hydrogen) atoms. The van der Waals surface area contributed by atoms with Crippen LogP contribution in [-0.4, -0.2) is 16.5 Å². The Balaban J connectivity index is 1.81. The summed E-state index contributed by atoms with van der Waals surface area (Å²) < 4.78 is 0. The molecule has 0 aromatic carbocycles. The van der Waals surface area contributed by atoms with E-state index in [9.17, 15) is 0 Å². The lowest BCUT2D eigenvalue weighted by Gasteiger charge is -2.21. The van der Waals surface area contributed by atoms with E-state index in [2.05, 4.69) is 34.4 Å². The lowest BCUT2D eigenvalue weighted by Crippen LogP contribution is -2.28. The lowest BCUT2D eigenvalue weighted by molar-refractivity contribution is 0.394. The molecule has 3 nitrogen and oxygen atoms in total. The van der Waals surface area contributed by atoms with Crippen molar-refractivity contribution in [2.24, 2.45) is 5.92 Å². The number of hydrogen-bond donors (Lipinski definition) is 2. The summed E-state index contributed by atoms with van der Waals surface area (Å²) in [5.41, 5.74) is 0. The van der Waals surface area contributed by atoms with Gasteiger partial charge in [-0.1, -0.05) is 19.1 Å². The number of hydrogen-bond acceptors (Lipinski definition) is 2. The summed E-state index contributed by atoms with van der Waals surface area (Å²) in [6, 6.07) is 0.376. The molecule has 2 unspecified atom stereocenters.